The highest BCUT2D eigenvalue weighted by Gasteiger charge is 2.27. The molecule has 1 heterocycles. The quantitative estimate of drug-likeness (QED) is 0.702. The van der Waals surface area contributed by atoms with Gasteiger partial charge in [0.1, 0.15) is 0 Å². The molecule has 1 amide bonds. The molecule has 0 bridgehead atoms. The standard InChI is InChI=1S/C12H22N2O.C2H6/c1-13-7-9-14(10-8-13)12(15)11-5-3-2-4-6-11;1-2/h11H,2-10H2,1H3;1-2H3. The number of piperazine rings is 1. The maximum absolute atomic E-state index is 12.2. The lowest BCUT2D eigenvalue weighted by atomic mass is 9.88. The number of hydrogen-bond donors (Lipinski definition) is 0. The molecule has 2 fully saturated rings. The zero-order valence-electron chi connectivity index (χ0n) is 11.7. The smallest absolute Gasteiger partial charge is 0.225 e. The van der Waals surface area contributed by atoms with E-state index in [1.165, 1.54) is 19.3 Å². The van der Waals surface area contributed by atoms with Crippen LogP contribution in [0.1, 0.15) is 46.0 Å². The van der Waals surface area contributed by atoms with Crippen molar-refractivity contribution in [3.8, 4) is 0 Å². The molecule has 0 atom stereocenters. The Hall–Kier alpha value is -0.570. The number of nitrogens with zero attached hydrogens (tertiary/aromatic N) is 2. The van der Waals surface area contributed by atoms with Gasteiger partial charge in [-0.1, -0.05) is 33.1 Å². The van der Waals surface area contributed by atoms with Crippen LogP contribution in [0.2, 0.25) is 0 Å². The monoisotopic (exact) mass is 240 g/mol. The summed E-state index contributed by atoms with van der Waals surface area (Å²) in [5.74, 6) is 0.782. The van der Waals surface area contributed by atoms with Gasteiger partial charge in [-0.3, -0.25) is 4.79 Å². The molecule has 3 heteroatoms. The summed E-state index contributed by atoms with van der Waals surface area (Å²) in [6.45, 7) is 7.95. The first-order valence-electron chi connectivity index (χ1n) is 7.25. The fourth-order valence-electron chi connectivity index (χ4n) is 2.63. The summed E-state index contributed by atoms with van der Waals surface area (Å²) >= 11 is 0. The van der Waals surface area contributed by atoms with Crippen LogP contribution in [-0.2, 0) is 4.79 Å². The van der Waals surface area contributed by atoms with Gasteiger partial charge < -0.3 is 9.80 Å². The molecule has 100 valence electrons. The van der Waals surface area contributed by atoms with E-state index in [9.17, 15) is 4.79 Å². The average Bonchev–Trinajstić information content (AvgIpc) is 2.42. The minimum atomic E-state index is 0.349. The lowest BCUT2D eigenvalue weighted by Gasteiger charge is -2.35. The van der Waals surface area contributed by atoms with E-state index >= 15 is 0 Å². The van der Waals surface area contributed by atoms with Crippen molar-refractivity contribution in [2.45, 2.75) is 46.0 Å². The van der Waals surface area contributed by atoms with Crippen molar-refractivity contribution in [1.29, 1.82) is 0 Å². The van der Waals surface area contributed by atoms with E-state index in [-0.39, 0.29) is 0 Å². The second-order valence-corrected chi connectivity index (χ2v) is 4.96. The fourth-order valence-corrected chi connectivity index (χ4v) is 2.63. The maximum atomic E-state index is 12.2. The molecule has 1 saturated heterocycles. The Morgan fingerprint density at radius 2 is 1.47 bits per heavy atom. The van der Waals surface area contributed by atoms with Crippen LogP contribution in [0.15, 0.2) is 0 Å². The Morgan fingerprint density at radius 1 is 0.941 bits per heavy atom. The third kappa shape index (κ3) is 4.30. The molecule has 0 aromatic heterocycles. The lowest BCUT2D eigenvalue weighted by Crippen LogP contribution is -2.49. The number of likely N-dealkylation sites (N-methyl/N-ethyl adjacent to an activating group) is 1. The van der Waals surface area contributed by atoms with Crippen molar-refractivity contribution in [3.63, 3.8) is 0 Å². The first-order chi connectivity index (χ1) is 8.27. The van der Waals surface area contributed by atoms with Crippen LogP contribution in [0, 0.1) is 5.92 Å². The average molecular weight is 240 g/mol. The molecule has 17 heavy (non-hydrogen) atoms. The SMILES string of the molecule is CC.CN1CCN(C(=O)C2CCCCC2)CC1. The first-order valence-corrected chi connectivity index (χ1v) is 7.25. The number of carbonyl (C=O) groups is 1. The van der Waals surface area contributed by atoms with Crippen molar-refractivity contribution in [1.82, 2.24) is 9.80 Å². The first kappa shape index (κ1) is 14.5. The van der Waals surface area contributed by atoms with Gasteiger partial charge in [0.15, 0.2) is 0 Å². The molecular formula is C14H28N2O. The molecule has 0 radical (unpaired) electrons. The van der Waals surface area contributed by atoms with Gasteiger partial charge >= 0.3 is 0 Å². The third-order valence-corrected chi connectivity index (χ3v) is 3.77. The van der Waals surface area contributed by atoms with Gasteiger partial charge in [0.25, 0.3) is 0 Å². The lowest BCUT2D eigenvalue weighted by molar-refractivity contribution is -0.138. The van der Waals surface area contributed by atoms with Crippen LogP contribution in [0.3, 0.4) is 0 Å². The third-order valence-electron chi connectivity index (χ3n) is 3.77. The summed E-state index contributed by atoms with van der Waals surface area (Å²) in [6.07, 6.45) is 6.09. The van der Waals surface area contributed by atoms with E-state index in [1.54, 1.807) is 0 Å². The van der Waals surface area contributed by atoms with Crippen molar-refractivity contribution in [3.05, 3.63) is 0 Å². The summed E-state index contributed by atoms with van der Waals surface area (Å²) in [5.41, 5.74) is 0. The van der Waals surface area contributed by atoms with E-state index < -0.39 is 0 Å². The summed E-state index contributed by atoms with van der Waals surface area (Å²) < 4.78 is 0. The highest BCUT2D eigenvalue weighted by Crippen LogP contribution is 2.25. The molecule has 3 nitrogen and oxygen atoms in total. The predicted octanol–water partition coefficient (Wildman–Crippen LogP) is 2.37. The van der Waals surface area contributed by atoms with Crippen LogP contribution < -0.4 is 0 Å². The Kier molecular flexibility index (Phi) is 6.56. The summed E-state index contributed by atoms with van der Waals surface area (Å²) in [4.78, 5) is 16.5. The second-order valence-electron chi connectivity index (χ2n) is 4.96. The van der Waals surface area contributed by atoms with Crippen molar-refractivity contribution in [2.24, 2.45) is 5.92 Å². The normalized spacial score (nSPS) is 22.9. The minimum Gasteiger partial charge on any atom is -0.340 e. The molecule has 2 rings (SSSR count). The van der Waals surface area contributed by atoms with Crippen LogP contribution in [-0.4, -0.2) is 48.9 Å². The van der Waals surface area contributed by atoms with Gasteiger partial charge in [-0.05, 0) is 19.9 Å². The Balaban J connectivity index is 0.000000686. The van der Waals surface area contributed by atoms with Gasteiger partial charge in [-0.2, -0.15) is 0 Å². The number of carbonyl (C=O) groups excluding carboxylic acids is 1. The second kappa shape index (κ2) is 7.70. The topological polar surface area (TPSA) is 23.6 Å². The van der Waals surface area contributed by atoms with Crippen LogP contribution in [0.4, 0.5) is 0 Å². The van der Waals surface area contributed by atoms with Gasteiger partial charge in [-0.15, -0.1) is 0 Å². The predicted molar refractivity (Wildman–Crippen MR) is 72.0 cm³/mol. The summed E-state index contributed by atoms with van der Waals surface area (Å²) in [7, 11) is 2.13. The van der Waals surface area contributed by atoms with Crippen molar-refractivity contribution < 1.29 is 4.79 Å². The zero-order valence-corrected chi connectivity index (χ0v) is 11.7. The molecule has 1 aliphatic heterocycles. The molecule has 1 aliphatic carbocycles. The minimum absolute atomic E-state index is 0.349. The molecule has 2 aliphatic rings. The molecule has 0 aromatic carbocycles. The van der Waals surface area contributed by atoms with E-state index in [0.717, 1.165) is 39.0 Å². The Bertz CT molecular complexity index is 216. The van der Waals surface area contributed by atoms with Gasteiger partial charge in [0.2, 0.25) is 5.91 Å². The highest BCUT2D eigenvalue weighted by atomic mass is 16.2. The molecule has 0 aromatic rings. The maximum Gasteiger partial charge on any atom is 0.225 e. The van der Waals surface area contributed by atoms with Crippen LogP contribution >= 0.6 is 0 Å². The number of amides is 1. The molecule has 0 N–H and O–H groups in total. The highest BCUT2D eigenvalue weighted by molar-refractivity contribution is 5.79. The van der Waals surface area contributed by atoms with Crippen LogP contribution in [0.5, 0.6) is 0 Å². The Morgan fingerprint density at radius 3 is 2.00 bits per heavy atom. The molecule has 1 saturated carbocycles. The zero-order chi connectivity index (χ0) is 12.7. The summed E-state index contributed by atoms with van der Waals surface area (Å²) in [5, 5.41) is 0. The summed E-state index contributed by atoms with van der Waals surface area (Å²) in [6, 6.07) is 0. The fraction of sp³-hybridized carbons (Fsp3) is 0.929. The van der Waals surface area contributed by atoms with Crippen molar-refractivity contribution >= 4 is 5.91 Å². The largest absolute Gasteiger partial charge is 0.340 e. The van der Waals surface area contributed by atoms with Crippen LogP contribution in [0.25, 0.3) is 0 Å². The van der Waals surface area contributed by atoms with Crippen molar-refractivity contribution in [2.75, 3.05) is 33.2 Å². The van der Waals surface area contributed by atoms with E-state index in [0.29, 0.717) is 11.8 Å². The van der Waals surface area contributed by atoms with E-state index in [1.807, 2.05) is 13.8 Å². The molecule has 0 unspecified atom stereocenters. The van der Waals surface area contributed by atoms with E-state index in [2.05, 4.69) is 16.8 Å². The number of hydrogen-bond acceptors (Lipinski definition) is 2. The van der Waals surface area contributed by atoms with Gasteiger partial charge in [-0.25, -0.2) is 0 Å². The number of rotatable bonds is 1. The molecule has 0 spiro atoms. The van der Waals surface area contributed by atoms with Gasteiger partial charge in [0, 0.05) is 32.1 Å². The Labute approximate surface area is 106 Å². The van der Waals surface area contributed by atoms with Gasteiger partial charge in [0.05, 0.1) is 0 Å². The molecular weight excluding hydrogens is 212 g/mol. The van der Waals surface area contributed by atoms with E-state index in [4.69, 9.17) is 0 Å².